The Kier molecular flexibility index (Phi) is 4.38. The van der Waals surface area contributed by atoms with Gasteiger partial charge in [-0.15, -0.1) is 11.3 Å². The maximum absolute atomic E-state index is 5.13. The lowest BCUT2D eigenvalue weighted by molar-refractivity contribution is 0.190. The summed E-state index contributed by atoms with van der Waals surface area (Å²) in [6, 6.07) is 4.46. The van der Waals surface area contributed by atoms with E-state index in [-0.39, 0.29) is 6.04 Å². The number of aryl methyl sites for hydroxylation is 1. The van der Waals surface area contributed by atoms with Crippen molar-refractivity contribution >= 4 is 17.3 Å². The van der Waals surface area contributed by atoms with Crippen LogP contribution in [0.2, 0.25) is 0 Å². The first kappa shape index (κ1) is 13.1. The van der Waals surface area contributed by atoms with E-state index < -0.39 is 0 Å². The lowest BCUT2D eigenvalue weighted by atomic mass is 10.4. The van der Waals surface area contributed by atoms with Gasteiger partial charge in [0.25, 0.3) is 0 Å². The molecule has 0 aliphatic heterocycles. The number of hydrogen-bond donors (Lipinski definition) is 1. The van der Waals surface area contributed by atoms with Crippen molar-refractivity contribution in [2.75, 3.05) is 19.0 Å². The molecule has 0 bridgehead atoms. The minimum atomic E-state index is 0.249. The average molecular weight is 265 g/mol. The normalized spacial score (nSPS) is 12.6. The van der Waals surface area contributed by atoms with Gasteiger partial charge >= 0.3 is 0 Å². The smallest absolute Gasteiger partial charge is 0.203 e. The third kappa shape index (κ3) is 3.34. The fourth-order valence-electron chi connectivity index (χ4n) is 1.87. The van der Waals surface area contributed by atoms with Gasteiger partial charge in [0.1, 0.15) is 0 Å². The third-order valence-corrected chi connectivity index (χ3v) is 3.46. The molecule has 1 N–H and O–H groups in total. The Hall–Kier alpha value is -1.33. The first-order valence-corrected chi connectivity index (χ1v) is 6.88. The zero-order chi connectivity index (χ0) is 13.0. The Balaban J connectivity index is 2.10. The topological polar surface area (TPSA) is 39.1 Å². The largest absolute Gasteiger partial charge is 0.383 e. The molecule has 5 heteroatoms. The summed E-state index contributed by atoms with van der Waals surface area (Å²) >= 11 is 1.76. The SMILES string of the molecule is COCC(C)Nc1nc(C)cn1Cc1cccs1. The summed E-state index contributed by atoms with van der Waals surface area (Å²) in [5, 5.41) is 5.47. The van der Waals surface area contributed by atoms with Gasteiger partial charge in [-0.25, -0.2) is 4.98 Å². The molecule has 1 unspecified atom stereocenters. The quantitative estimate of drug-likeness (QED) is 0.873. The summed E-state index contributed by atoms with van der Waals surface area (Å²) in [5.74, 6) is 0.908. The molecule has 2 heterocycles. The number of hydrogen-bond acceptors (Lipinski definition) is 4. The second kappa shape index (κ2) is 6.02. The monoisotopic (exact) mass is 265 g/mol. The summed E-state index contributed by atoms with van der Waals surface area (Å²) in [7, 11) is 1.71. The molecule has 0 saturated carbocycles. The highest BCUT2D eigenvalue weighted by Crippen LogP contribution is 2.16. The third-order valence-electron chi connectivity index (χ3n) is 2.60. The number of aromatic nitrogens is 2. The summed E-state index contributed by atoms with van der Waals surface area (Å²) < 4.78 is 7.28. The number of nitrogens with one attached hydrogen (secondary N) is 1. The highest BCUT2D eigenvalue weighted by Gasteiger charge is 2.09. The molecule has 18 heavy (non-hydrogen) atoms. The molecule has 0 spiro atoms. The van der Waals surface area contributed by atoms with Crippen LogP contribution in [-0.4, -0.2) is 29.3 Å². The van der Waals surface area contributed by atoms with Crippen LogP contribution in [0.3, 0.4) is 0 Å². The first-order valence-electron chi connectivity index (χ1n) is 6.00. The van der Waals surface area contributed by atoms with Crippen LogP contribution in [0.15, 0.2) is 23.7 Å². The van der Waals surface area contributed by atoms with Crippen LogP contribution in [0.25, 0.3) is 0 Å². The van der Waals surface area contributed by atoms with Gasteiger partial charge in [-0.1, -0.05) is 6.07 Å². The lowest BCUT2D eigenvalue weighted by Crippen LogP contribution is -2.23. The average Bonchev–Trinajstić information content (AvgIpc) is 2.90. The minimum absolute atomic E-state index is 0.249. The predicted octanol–water partition coefficient (Wildman–Crippen LogP) is 2.75. The fraction of sp³-hybridized carbons (Fsp3) is 0.462. The Labute approximate surface area is 112 Å². The molecular formula is C13H19N3OS. The standard InChI is InChI=1S/C13H19N3OS/c1-10-7-16(8-12-5-4-6-18-12)13(14-10)15-11(2)9-17-3/h4-7,11H,8-9H2,1-3H3,(H,14,15). The van der Waals surface area contributed by atoms with Gasteiger partial charge in [-0.3, -0.25) is 0 Å². The molecule has 2 rings (SSSR count). The van der Waals surface area contributed by atoms with Crippen LogP contribution < -0.4 is 5.32 Å². The van der Waals surface area contributed by atoms with Gasteiger partial charge in [-0.05, 0) is 25.3 Å². The summed E-state index contributed by atoms with van der Waals surface area (Å²) in [4.78, 5) is 5.84. The van der Waals surface area contributed by atoms with E-state index in [2.05, 4.69) is 45.5 Å². The van der Waals surface area contributed by atoms with Crippen LogP contribution in [0.4, 0.5) is 5.95 Å². The highest BCUT2D eigenvalue weighted by atomic mass is 32.1. The summed E-state index contributed by atoms with van der Waals surface area (Å²) in [6.07, 6.45) is 2.07. The van der Waals surface area contributed by atoms with Crippen molar-refractivity contribution in [3.05, 3.63) is 34.3 Å². The number of imidazole rings is 1. The van der Waals surface area contributed by atoms with Gasteiger partial charge in [0.05, 0.1) is 18.8 Å². The molecule has 0 aliphatic rings. The minimum Gasteiger partial charge on any atom is -0.383 e. The summed E-state index contributed by atoms with van der Waals surface area (Å²) in [6.45, 7) is 5.63. The van der Waals surface area contributed by atoms with Gasteiger partial charge in [-0.2, -0.15) is 0 Å². The Bertz CT molecular complexity index is 478. The Morgan fingerprint density at radius 3 is 3.06 bits per heavy atom. The molecule has 0 aromatic carbocycles. The Morgan fingerprint density at radius 2 is 2.39 bits per heavy atom. The van der Waals surface area contributed by atoms with Gasteiger partial charge in [0, 0.05) is 24.2 Å². The molecule has 2 aromatic heterocycles. The van der Waals surface area contributed by atoms with Crippen molar-refractivity contribution < 1.29 is 4.74 Å². The van der Waals surface area contributed by atoms with Gasteiger partial charge < -0.3 is 14.6 Å². The van der Waals surface area contributed by atoms with Crippen LogP contribution in [0.5, 0.6) is 0 Å². The number of ether oxygens (including phenoxy) is 1. The van der Waals surface area contributed by atoms with E-state index >= 15 is 0 Å². The van der Waals surface area contributed by atoms with Gasteiger partial charge in [0.2, 0.25) is 5.95 Å². The zero-order valence-corrected chi connectivity index (χ0v) is 11.8. The second-order valence-electron chi connectivity index (χ2n) is 4.41. The van der Waals surface area contributed by atoms with Crippen molar-refractivity contribution in [2.24, 2.45) is 0 Å². The van der Waals surface area contributed by atoms with E-state index in [1.165, 1.54) is 4.88 Å². The number of anilines is 1. The molecule has 98 valence electrons. The number of methoxy groups -OCH3 is 1. The molecule has 0 amide bonds. The lowest BCUT2D eigenvalue weighted by Gasteiger charge is -2.14. The predicted molar refractivity (Wildman–Crippen MR) is 75.3 cm³/mol. The van der Waals surface area contributed by atoms with E-state index in [1.807, 2.05) is 6.92 Å². The van der Waals surface area contributed by atoms with Crippen molar-refractivity contribution in [1.82, 2.24) is 9.55 Å². The fourth-order valence-corrected chi connectivity index (χ4v) is 2.57. The zero-order valence-electron chi connectivity index (χ0n) is 11.0. The second-order valence-corrected chi connectivity index (χ2v) is 5.45. The van der Waals surface area contributed by atoms with E-state index in [0.717, 1.165) is 18.2 Å². The number of rotatable bonds is 6. The maximum Gasteiger partial charge on any atom is 0.203 e. The first-order chi connectivity index (χ1) is 8.69. The van der Waals surface area contributed by atoms with Crippen LogP contribution in [0, 0.1) is 6.92 Å². The number of thiophene rings is 1. The molecule has 0 radical (unpaired) electrons. The van der Waals surface area contributed by atoms with Crippen molar-refractivity contribution in [3.63, 3.8) is 0 Å². The van der Waals surface area contributed by atoms with Crippen LogP contribution >= 0.6 is 11.3 Å². The summed E-state index contributed by atoms with van der Waals surface area (Å²) in [5.41, 5.74) is 1.03. The number of nitrogens with zero attached hydrogens (tertiary/aromatic N) is 2. The van der Waals surface area contributed by atoms with Crippen LogP contribution in [0.1, 0.15) is 17.5 Å². The highest BCUT2D eigenvalue weighted by molar-refractivity contribution is 7.09. The molecular weight excluding hydrogens is 246 g/mol. The van der Waals surface area contributed by atoms with Crippen molar-refractivity contribution in [3.8, 4) is 0 Å². The van der Waals surface area contributed by atoms with E-state index in [0.29, 0.717) is 6.61 Å². The molecule has 2 aromatic rings. The maximum atomic E-state index is 5.13. The molecule has 0 aliphatic carbocycles. The van der Waals surface area contributed by atoms with Crippen molar-refractivity contribution in [1.29, 1.82) is 0 Å². The molecule has 4 nitrogen and oxygen atoms in total. The van der Waals surface area contributed by atoms with E-state index in [4.69, 9.17) is 4.74 Å². The van der Waals surface area contributed by atoms with Gasteiger partial charge in [0.15, 0.2) is 0 Å². The van der Waals surface area contributed by atoms with E-state index in [1.54, 1.807) is 18.4 Å². The molecule has 1 atom stereocenters. The molecule has 0 saturated heterocycles. The van der Waals surface area contributed by atoms with Crippen LogP contribution in [-0.2, 0) is 11.3 Å². The Morgan fingerprint density at radius 1 is 1.56 bits per heavy atom. The van der Waals surface area contributed by atoms with Crippen molar-refractivity contribution in [2.45, 2.75) is 26.4 Å². The molecule has 0 fully saturated rings. The van der Waals surface area contributed by atoms with E-state index in [9.17, 15) is 0 Å².